The summed E-state index contributed by atoms with van der Waals surface area (Å²) in [6.07, 6.45) is 0.971. The number of aryl methyl sites for hydroxylation is 1. The summed E-state index contributed by atoms with van der Waals surface area (Å²) in [6.45, 7) is 8.16. The number of ether oxygens (including phenoxy) is 1. The van der Waals surface area contributed by atoms with Crippen molar-refractivity contribution < 1.29 is 9.84 Å². The molecular formula is C15H21N3O2. The van der Waals surface area contributed by atoms with E-state index in [-0.39, 0.29) is 6.04 Å². The predicted octanol–water partition coefficient (Wildman–Crippen LogP) is 2.80. The number of aliphatic hydroxyl groups excluding tert-OH is 1. The average molecular weight is 275 g/mol. The lowest BCUT2D eigenvalue weighted by atomic mass is 10.1. The summed E-state index contributed by atoms with van der Waals surface area (Å²) in [5.41, 5.74) is 1.88. The average Bonchev–Trinajstić information content (AvgIpc) is 2.84. The van der Waals surface area contributed by atoms with Crippen LogP contribution in [-0.2, 0) is 6.61 Å². The van der Waals surface area contributed by atoms with Crippen LogP contribution in [0.3, 0.4) is 0 Å². The molecule has 1 heterocycles. The number of aliphatic hydroxyl groups is 1. The number of aromatic nitrogens is 3. The summed E-state index contributed by atoms with van der Waals surface area (Å²) in [7, 11) is 0. The number of benzene rings is 1. The van der Waals surface area contributed by atoms with Gasteiger partial charge < -0.3 is 9.84 Å². The summed E-state index contributed by atoms with van der Waals surface area (Å²) in [5.74, 6) is 1.47. The van der Waals surface area contributed by atoms with Crippen LogP contribution in [0.5, 0.6) is 5.75 Å². The lowest BCUT2D eigenvalue weighted by Crippen LogP contribution is -2.11. The van der Waals surface area contributed by atoms with Crippen molar-refractivity contribution in [2.75, 3.05) is 0 Å². The Morgan fingerprint density at radius 2 is 2.05 bits per heavy atom. The molecule has 1 aromatic heterocycles. The van der Waals surface area contributed by atoms with Crippen molar-refractivity contribution in [3.63, 3.8) is 0 Å². The first-order valence-corrected chi connectivity index (χ1v) is 6.79. The topological polar surface area (TPSA) is 60.2 Å². The second-order valence-electron chi connectivity index (χ2n) is 5.22. The predicted molar refractivity (Wildman–Crippen MR) is 76.6 cm³/mol. The summed E-state index contributed by atoms with van der Waals surface area (Å²) >= 11 is 0. The number of nitrogens with zero attached hydrogens (tertiary/aromatic N) is 3. The molecule has 0 aliphatic rings. The molecule has 0 aliphatic heterocycles. The van der Waals surface area contributed by atoms with E-state index in [9.17, 15) is 5.11 Å². The SMILES string of the molecule is Cc1ccc([C@@H](C)O)c(OCc2ncnn2C(C)C)c1. The maximum Gasteiger partial charge on any atom is 0.165 e. The van der Waals surface area contributed by atoms with Crippen LogP contribution in [0.25, 0.3) is 0 Å². The molecule has 2 aromatic rings. The van der Waals surface area contributed by atoms with E-state index >= 15 is 0 Å². The number of hydrogen-bond donors (Lipinski definition) is 1. The third-order valence-corrected chi connectivity index (χ3v) is 3.11. The summed E-state index contributed by atoms with van der Waals surface area (Å²) in [4.78, 5) is 4.21. The van der Waals surface area contributed by atoms with Gasteiger partial charge in [0.1, 0.15) is 18.7 Å². The van der Waals surface area contributed by atoms with E-state index < -0.39 is 6.10 Å². The van der Waals surface area contributed by atoms with Gasteiger partial charge in [0.2, 0.25) is 0 Å². The zero-order valence-electron chi connectivity index (χ0n) is 12.4. The van der Waals surface area contributed by atoms with Gasteiger partial charge in [-0.05, 0) is 39.3 Å². The highest BCUT2D eigenvalue weighted by Crippen LogP contribution is 2.27. The minimum atomic E-state index is -0.562. The monoisotopic (exact) mass is 275 g/mol. The van der Waals surface area contributed by atoms with Gasteiger partial charge in [-0.1, -0.05) is 12.1 Å². The third-order valence-electron chi connectivity index (χ3n) is 3.11. The molecule has 5 heteroatoms. The summed E-state index contributed by atoms with van der Waals surface area (Å²) in [6, 6.07) is 6.02. The molecule has 0 aliphatic carbocycles. The Morgan fingerprint density at radius 3 is 2.70 bits per heavy atom. The maximum atomic E-state index is 9.78. The Labute approximate surface area is 119 Å². The number of hydrogen-bond acceptors (Lipinski definition) is 4. The molecule has 2 rings (SSSR count). The van der Waals surface area contributed by atoms with E-state index in [0.717, 1.165) is 17.0 Å². The van der Waals surface area contributed by atoms with E-state index in [1.807, 2.05) is 43.7 Å². The molecule has 0 bridgehead atoms. The molecule has 0 saturated heterocycles. The molecule has 0 unspecified atom stereocenters. The number of rotatable bonds is 5. The van der Waals surface area contributed by atoms with Crippen LogP contribution in [-0.4, -0.2) is 19.9 Å². The minimum absolute atomic E-state index is 0.241. The smallest absolute Gasteiger partial charge is 0.165 e. The van der Waals surface area contributed by atoms with Gasteiger partial charge in [-0.2, -0.15) is 5.10 Å². The molecule has 0 radical (unpaired) electrons. The van der Waals surface area contributed by atoms with Crippen LogP contribution in [0.2, 0.25) is 0 Å². The molecule has 108 valence electrons. The highest BCUT2D eigenvalue weighted by molar-refractivity contribution is 5.38. The quantitative estimate of drug-likeness (QED) is 0.911. The highest BCUT2D eigenvalue weighted by Gasteiger charge is 2.12. The van der Waals surface area contributed by atoms with Crippen LogP contribution in [0.4, 0.5) is 0 Å². The lowest BCUT2D eigenvalue weighted by Gasteiger charge is -2.15. The van der Waals surface area contributed by atoms with Gasteiger partial charge in [-0.15, -0.1) is 0 Å². The van der Waals surface area contributed by atoms with Crippen LogP contribution in [0, 0.1) is 6.92 Å². The maximum absolute atomic E-state index is 9.78. The van der Waals surface area contributed by atoms with Gasteiger partial charge in [0.05, 0.1) is 6.10 Å². The van der Waals surface area contributed by atoms with E-state index in [2.05, 4.69) is 10.1 Å². The van der Waals surface area contributed by atoms with Crippen molar-refractivity contribution in [1.82, 2.24) is 14.8 Å². The first kappa shape index (κ1) is 14.5. The fourth-order valence-corrected chi connectivity index (χ4v) is 2.06. The van der Waals surface area contributed by atoms with Crippen LogP contribution in [0.1, 0.15) is 49.9 Å². The Bertz CT molecular complexity index is 576. The van der Waals surface area contributed by atoms with E-state index in [4.69, 9.17) is 4.74 Å². The zero-order chi connectivity index (χ0) is 14.7. The minimum Gasteiger partial charge on any atom is -0.485 e. The second kappa shape index (κ2) is 6.05. The van der Waals surface area contributed by atoms with Crippen molar-refractivity contribution in [1.29, 1.82) is 0 Å². The zero-order valence-corrected chi connectivity index (χ0v) is 12.4. The molecule has 5 nitrogen and oxygen atoms in total. The third kappa shape index (κ3) is 3.17. The van der Waals surface area contributed by atoms with E-state index in [0.29, 0.717) is 12.4 Å². The lowest BCUT2D eigenvalue weighted by molar-refractivity contribution is 0.188. The van der Waals surface area contributed by atoms with Crippen LogP contribution in [0.15, 0.2) is 24.5 Å². The van der Waals surface area contributed by atoms with E-state index in [1.165, 1.54) is 6.33 Å². The fraction of sp³-hybridized carbons (Fsp3) is 0.467. The molecule has 0 saturated carbocycles. The van der Waals surface area contributed by atoms with Gasteiger partial charge in [-0.3, -0.25) is 0 Å². The van der Waals surface area contributed by atoms with Gasteiger partial charge in [0.15, 0.2) is 5.82 Å². The second-order valence-corrected chi connectivity index (χ2v) is 5.22. The first-order chi connectivity index (χ1) is 9.49. The van der Waals surface area contributed by atoms with Gasteiger partial charge in [0, 0.05) is 11.6 Å². The van der Waals surface area contributed by atoms with Crippen molar-refractivity contribution >= 4 is 0 Å². The van der Waals surface area contributed by atoms with Gasteiger partial charge in [0.25, 0.3) is 0 Å². The standard InChI is InChI=1S/C15H21N3O2/c1-10(2)18-15(16-9-17-18)8-20-14-7-11(3)5-6-13(14)12(4)19/h5-7,9-10,12,19H,8H2,1-4H3/t12-/m1/s1. The Morgan fingerprint density at radius 1 is 1.30 bits per heavy atom. The van der Waals surface area contributed by atoms with Gasteiger partial charge in [-0.25, -0.2) is 9.67 Å². The molecule has 0 amide bonds. The Kier molecular flexibility index (Phi) is 4.39. The normalized spacial score (nSPS) is 12.7. The van der Waals surface area contributed by atoms with Crippen molar-refractivity contribution in [2.45, 2.75) is 46.4 Å². The molecule has 1 atom stereocenters. The Balaban J connectivity index is 2.18. The molecule has 20 heavy (non-hydrogen) atoms. The van der Waals surface area contributed by atoms with E-state index in [1.54, 1.807) is 6.92 Å². The van der Waals surface area contributed by atoms with Crippen LogP contribution >= 0.6 is 0 Å². The first-order valence-electron chi connectivity index (χ1n) is 6.79. The molecule has 0 spiro atoms. The molecule has 0 fully saturated rings. The van der Waals surface area contributed by atoms with Crippen molar-refractivity contribution in [3.8, 4) is 5.75 Å². The van der Waals surface area contributed by atoms with Gasteiger partial charge >= 0.3 is 0 Å². The summed E-state index contributed by atoms with van der Waals surface area (Å²) in [5, 5.41) is 14.0. The Hall–Kier alpha value is -1.88. The fourth-order valence-electron chi connectivity index (χ4n) is 2.06. The highest BCUT2D eigenvalue weighted by atomic mass is 16.5. The molecular weight excluding hydrogens is 254 g/mol. The molecule has 1 aromatic carbocycles. The van der Waals surface area contributed by atoms with Crippen LogP contribution < -0.4 is 4.74 Å². The van der Waals surface area contributed by atoms with Crippen molar-refractivity contribution in [3.05, 3.63) is 41.5 Å². The largest absolute Gasteiger partial charge is 0.485 e. The van der Waals surface area contributed by atoms with Crippen molar-refractivity contribution in [2.24, 2.45) is 0 Å². The molecule has 1 N–H and O–H groups in total. The summed E-state index contributed by atoms with van der Waals surface area (Å²) < 4.78 is 7.66.